The highest BCUT2D eigenvalue weighted by atomic mass is 35.5. The number of hydrogen-bond acceptors (Lipinski definition) is 5. The lowest BCUT2D eigenvalue weighted by molar-refractivity contribution is -0.115. The van der Waals surface area contributed by atoms with Crippen LogP contribution in [0.15, 0.2) is 84.9 Å². The molecule has 4 aromatic rings. The van der Waals surface area contributed by atoms with E-state index >= 15 is 0 Å². The van der Waals surface area contributed by atoms with Crippen LogP contribution in [0.5, 0.6) is 11.5 Å². The van der Waals surface area contributed by atoms with E-state index in [-0.39, 0.29) is 42.7 Å². The molecule has 3 N–H and O–H groups in total. The predicted molar refractivity (Wildman–Crippen MR) is 171 cm³/mol. The Bertz CT molecular complexity index is 1490. The van der Waals surface area contributed by atoms with Gasteiger partial charge in [0, 0.05) is 37.8 Å². The van der Waals surface area contributed by atoms with E-state index < -0.39 is 0 Å². The number of benzene rings is 4. The third kappa shape index (κ3) is 7.50. The molecule has 9 heteroatoms. The van der Waals surface area contributed by atoms with Crippen LogP contribution in [0, 0.1) is 5.41 Å². The van der Waals surface area contributed by atoms with Gasteiger partial charge >= 0.3 is 0 Å². The Kier molecular flexibility index (Phi) is 11.0. The van der Waals surface area contributed by atoms with Gasteiger partial charge in [-0.15, -0.1) is 24.8 Å². The Labute approximate surface area is 253 Å². The van der Waals surface area contributed by atoms with Crippen molar-refractivity contribution in [3.05, 3.63) is 96.1 Å². The second-order valence-electron chi connectivity index (χ2n) is 9.92. The van der Waals surface area contributed by atoms with Gasteiger partial charge in [-0.3, -0.25) is 20.0 Å². The molecule has 1 fully saturated rings. The standard InChI is InChI=1S/C32H34N4O3.2ClH/c1-22(37)36(30-5-3-4-6-31(30)38-2)27-11-13-28(14-12-27)39-29-15-17-35(18-16-29)21-23-7-8-24-9-10-25(32(33)34)20-26(24)19-23;;/h3-14,19-20,29H,15-18,21H2,1-2H3,(H3,33,34);2*1H. The van der Waals surface area contributed by atoms with Gasteiger partial charge in [-0.1, -0.05) is 36.4 Å². The summed E-state index contributed by atoms with van der Waals surface area (Å²) in [5, 5.41) is 9.96. The SMILES string of the molecule is COc1ccccc1N(C(C)=O)c1ccc(OC2CCN(Cc3ccc4ccc(C(=N)N)cc4c3)CC2)cc1.Cl.Cl. The van der Waals surface area contributed by atoms with Gasteiger partial charge in [-0.05, 0) is 77.7 Å². The predicted octanol–water partition coefficient (Wildman–Crippen LogP) is 6.70. The number of amidine groups is 1. The largest absolute Gasteiger partial charge is 0.495 e. The van der Waals surface area contributed by atoms with Crippen LogP contribution in [-0.2, 0) is 11.3 Å². The molecule has 0 atom stereocenters. The molecule has 1 amide bonds. The first-order chi connectivity index (χ1) is 18.9. The van der Waals surface area contributed by atoms with E-state index in [4.69, 9.17) is 20.6 Å². The molecule has 1 aliphatic rings. The number of nitrogen functional groups attached to an aromatic ring is 1. The van der Waals surface area contributed by atoms with Crippen molar-refractivity contribution < 1.29 is 14.3 Å². The van der Waals surface area contributed by atoms with Gasteiger partial charge < -0.3 is 15.2 Å². The molecule has 0 saturated carbocycles. The van der Waals surface area contributed by atoms with E-state index in [1.165, 1.54) is 5.56 Å². The summed E-state index contributed by atoms with van der Waals surface area (Å²) in [4.78, 5) is 16.6. The van der Waals surface area contributed by atoms with Gasteiger partial charge in [0.1, 0.15) is 23.4 Å². The molecular formula is C32H36Cl2N4O3. The normalized spacial score (nSPS) is 13.5. The minimum absolute atomic E-state index is 0. The number of para-hydroxylation sites is 2. The van der Waals surface area contributed by atoms with Gasteiger partial charge in [0.05, 0.1) is 12.8 Å². The first-order valence-corrected chi connectivity index (χ1v) is 13.2. The molecule has 4 aromatic carbocycles. The fourth-order valence-corrected chi connectivity index (χ4v) is 5.18. The van der Waals surface area contributed by atoms with Gasteiger partial charge in [-0.25, -0.2) is 0 Å². The number of amides is 1. The number of halogens is 2. The summed E-state index contributed by atoms with van der Waals surface area (Å²) in [6.07, 6.45) is 2.05. The maximum Gasteiger partial charge on any atom is 0.228 e. The molecule has 0 aromatic heterocycles. The molecule has 1 heterocycles. The Hall–Kier alpha value is -3.78. The zero-order valence-electron chi connectivity index (χ0n) is 23.2. The van der Waals surface area contributed by atoms with Crippen LogP contribution in [0.2, 0.25) is 0 Å². The van der Waals surface area contributed by atoms with Crippen molar-refractivity contribution >= 4 is 58.7 Å². The van der Waals surface area contributed by atoms with Crippen LogP contribution < -0.4 is 20.1 Å². The fraction of sp³-hybridized carbons (Fsp3) is 0.250. The van der Waals surface area contributed by atoms with Crippen molar-refractivity contribution in [3.8, 4) is 11.5 Å². The molecule has 41 heavy (non-hydrogen) atoms. The molecule has 0 aliphatic carbocycles. The summed E-state index contributed by atoms with van der Waals surface area (Å²) in [6, 6.07) is 27.6. The van der Waals surface area contributed by atoms with Gasteiger partial charge in [0.15, 0.2) is 0 Å². The minimum atomic E-state index is -0.0914. The van der Waals surface area contributed by atoms with E-state index in [0.717, 1.165) is 60.2 Å². The molecule has 0 spiro atoms. The molecular weight excluding hydrogens is 559 g/mol. The highest BCUT2D eigenvalue weighted by Gasteiger charge is 2.22. The van der Waals surface area contributed by atoms with Crippen LogP contribution in [0.25, 0.3) is 10.8 Å². The molecule has 216 valence electrons. The number of carbonyl (C=O) groups excluding carboxylic acids is 1. The molecule has 0 bridgehead atoms. The number of hydrogen-bond donors (Lipinski definition) is 2. The van der Waals surface area contributed by atoms with Crippen molar-refractivity contribution in [2.24, 2.45) is 5.73 Å². The minimum Gasteiger partial charge on any atom is -0.495 e. The number of carbonyl (C=O) groups is 1. The third-order valence-electron chi connectivity index (χ3n) is 7.20. The van der Waals surface area contributed by atoms with Crippen molar-refractivity contribution in [1.82, 2.24) is 4.90 Å². The zero-order chi connectivity index (χ0) is 27.4. The maximum absolute atomic E-state index is 12.5. The number of rotatable bonds is 8. The van der Waals surface area contributed by atoms with Crippen molar-refractivity contribution in [2.45, 2.75) is 32.4 Å². The first-order valence-electron chi connectivity index (χ1n) is 13.2. The van der Waals surface area contributed by atoms with Crippen molar-refractivity contribution in [2.75, 3.05) is 25.1 Å². The number of piperidine rings is 1. The molecule has 1 aliphatic heterocycles. The number of anilines is 2. The maximum atomic E-state index is 12.5. The van der Waals surface area contributed by atoms with Crippen LogP contribution in [-0.4, -0.2) is 42.9 Å². The van der Waals surface area contributed by atoms with E-state index in [1.807, 2.05) is 66.7 Å². The molecule has 0 unspecified atom stereocenters. The number of fused-ring (bicyclic) bond motifs is 1. The van der Waals surface area contributed by atoms with Crippen LogP contribution in [0.3, 0.4) is 0 Å². The summed E-state index contributed by atoms with van der Waals surface area (Å²) in [6.45, 7) is 4.35. The summed E-state index contributed by atoms with van der Waals surface area (Å²) in [5.74, 6) is 1.44. The van der Waals surface area contributed by atoms with E-state index in [2.05, 4.69) is 23.1 Å². The lowest BCUT2D eigenvalue weighted by atomic mass is 10.0. The van der Waals surface area contributed by atoms with Gasteiger partial charge in [0.25, 0.3) is 0 Å². The summed E-state index contributed by atoms with van der Waals surface area (Å²) in [5.41, 5.74) is 9.14. The van der Waals surface area contributed by atoms with Crippen LogP contribution in [0.1, 0.15) is 30.9 Å². The second kappa shape index (κ2) is 14.2. The Morgan fingerprint density at radius 2 is 1.63 bits per heavy atom. The number of ether oxygens (including phenoxy) is 2. The molecule has 7 nitrogen and oxygen atoms in total. The number of methoxy groups -OCH3 is 1. The highest BCUT2D eigenvalue weighted by molar-refractivity contribution is 6.00. The Balaban J connectivity index is 0.00000231. The monoisotopic (exact) mass is 594 g/mol. The smallest absolute Gasteiger partial charge is 0.228 e. The molecule has 0 radical (unpaired) electrons. The van der Waals surface area contributed by atoms with Gasteiger partial charge in [0.2, 0.25) is 5.91 Å². The average molecular weight is 596 g/mol. The summed E-state index contributed by atoms with van der Waals surface area (Å²) >= 11 is 0. The molecule has 5 rings (SSSR count). The van der Waals surface area contributed by atoms with E-state index in [9.17, 15) is 4.79 Å². The lowest BCUT2D eigenvalue weighted by Gasteiger charge is -2.32. The first kappa shape index (κ1) is 31.7. The topological polar surface area (TPSA) is 91.9 Å². The quantitative estimate of drug-likeness (QED) is 0.175. The summed E-state index contributed by atoms with van der Waals surface area (Å²) < 4.78 is 11.8. The number of likely N-dealkylation sites (tertiary alicyclic amines) is 1. The Morgan fingerprint density at radius 1 is 0.951 bits per heavy atom. The Morgan fingerprint density at radius 3 is 2.29 bits per heavy atom. The molecule has 1 saturated heterocycles. The highest BCUT2D eigenvalue weighted by Crippen LogP contribution is 2.34. The zero-order valence-corrected chi connectivity index (χ0v) is 24.8. The second-order valence-corrected chi connectivity index (χ2v) is 9.92. The van der Waals surface area contributed by atoms with Crippen molar-refractivity contribution in [1.29, 1.82) is 5.41 Å². The third-order valence-corrected chi connectivity index (χ3v) is 7.20. The van der Waals surface area contributed by atoms with E-state index in [1.54, 1.807) is 18.9 Å². The lowest BCUT2D eigenvalue weighted by Crippen LogP contribution is -2.37. The number of nitrogens with zero attached hydrogens (tertiary/aromatic N) is 2. The van der Waals surface area contributed by atoms with Crippen molar-refractivity contribution in [3.63, 3.8) is 0 Å². The van der Waals surface area contributed by atoms with Crippen LogP contribution in [0.4, 0.5) is 11.4 Å². The number of nitrogens with one attached hydrogen (secondary N) is 1. The fourth-order valence-electron chi connectivity index (χ4n) is 5.18. The van der Waals surface area contributed by atoms with Crippen LogP contribution >= 0.6 is 24.8 Å². The number of nitrogens with two attached hydrogens (primary N) is 1. The average Bonchev–Trinajstić information content (AvgIpc) is 2.95. The van der Waals surface area contributed by atoms with Gasteiger partial charge in [-0.2, -0.15) is 0 Å². The van der Waals surface area contributed by atoms with E-state index in [0.29, 0.717) is 11.4 Å². The summed E-state index contributed by atoms with van der Waals surface area (Å²) in [7, 11) is 1.60.